The molecule has 0 spiro atoms. The van der Waals surface area contributed by atoms with Crippen molar-refractivity contribution in [2.24, 2.45) is 5.92 Å². The van der Waals surface area contributed by atoms with E-state index in [1.54, 1.807) is 11.8 Å². The summed E-state index contributed by atoms with van der Waals surface area (Å²) in [5.41, 5.74) is 0.419. The summed E-state index contributed by atoms with van der Waals surface area (Å²) in [6, 6.07) is 13.4. The molecule has 214 valence electrons. The van der Waals surface area contributed by atoms with Gasteiger partial charge in [0, 0.05) is 38.3 Å². The van der Waals surface area contributed by atoms with Crippen LogP contribution < -0.4 is 5.32 Å². The Morgan fingerprint density at radius 1 is 1.10 bits per heavy atom. The number of likely N-dealkylation sites (tertiary alicyclic amines) is 1. The first-order valence-electron chi connectivity index (χ1n) is 13.4. The maximum absolute atomic E-state index is 14.0. The molecule has 0 aromatic heterocycles. The van der Waals surface area contributed by atoms with Gasteiger partial charge in [0.25, 0.3) is 0 Å². The maximum atomic E-state index is 14.0. The van der Waals surface area contributed by atoms with Crippen LogP contribution >= 0.6 is 0 Å². The summed E-state index contributed by atoms with van der Waals surface area (Å²) >= 11 is 0. The summed E-state index contributed by atoms with van der Waals surface area (Å²) in [6.45, 7) is 8.40. The second-order valence-electron chi connectivity index (χ2n) is 11.2. The van der Waals surface area contributed by atoms with Gasteiger partial charge in [-0.15, -0.1) is 0 Å². The van der Waals surface area contributed by atoms with Crippen LogP contribution in [0, 0.1) is 17.6 Å². The molecule has 1 N–H and O–H groups in total. The predicted octanol–water partition coefficient (Wildman–Crippen LogP) is 4.78. The van der Waals surface area contributed by atoms with Crippen LogP contribution in [0.3, 0.4) is 0 Å². The molecule has 0 aliphatic carbocycles. The van der Waals surface area contributed by atoms with E-state index in [1.807, 2.05) is 46.0 Å². The second-order valence-corrected chi connectivity index (χ2v) is 11.2. The molecule has 7 nitrogen and oxygen atoms in total. The summed E-state index contributed by atoms with van der Waals surface area (Å²) in [7, 11) is 3.55. The van der Waals surface area contributed by atoms with Crippen LogP contribution in [0.4, 0.5) is 13.6 Å². The summed E-state index contributed by atoms with van der Waals surface area (Å²) < 4.78 is 39.5. The summed E-state index contributed by atoms with van der Waals surface area (Å²) in [5, 5.41) is 2.78. The second kappa shape index (κ2) is 13.3. The minimum atomic E-state index is -0.677. The first kappa shape index (κ1) is 30.5. The minimum absolute atomic E-state index is 0.0223. The van der Waals surface area contributed by atoms with Gasteiger partial charge in [0.1, 0.15) is 17.2 Å². The molecule has 1 aliphatic rings. The van der Waals surface area contributed by atoms with E-state index in [2.05, 4.69) is 22.3 Å². The lowest BCUT2D eigenvalue weighted by Crippen LogP contribution is -2.50. The highest BCUT2D eigenvalue weighted by atomic mass is 19.1. The molecular weight excluding hydrogens is 504 g/mol. The van der Waals surface area contributed by atoms with Gasteiger partial charge in [-0.05, 0) is 58.4 Å². The Hall–Kier alpha value is -3.04. The number of methoxy groups -OCH3 is 1. The van der Waals surface area contributed by atoms with Gasteiger partial charge in [-0.2, -0.15) is 0 Å². The van der Waals surface area contributed by atoms with Crippen LogP contribution in [-0.2, 0) is 27.2 Å². The van der Waals surface area contributed by atoms with Crippen molar-refractivity contribution >= 4 is 12.0 Å². The third-order valence-corrected chi connectivity index (χ3v) is 7.14. The number of amides is 2. The van der Waals surface area contributed by atoms with Crippen molar-refractivity contribution < 1.29 is 27.8 Å². The molecule has 2 aromatic rings. The highest BCUT2D eigenvalue weighted by Crippen LogP contribution is 2.31. The Labute approximate surface area is 230 Å². The Bertz CT molecular complexity index is 1090. The number of benzene rings is 2. The highest BCUT2D eigenvalue weighted by Gasteiger charge is 2.45. The summed E-state index contributed by atoms with van der Waals surface area (Å²) in [6.07, 6.45) is -0.446. The lowest BCUT2D eigenvalue weighted by Gasteiger charge is -2.34. The van der Waals surface area contributed by atoms with Crippen molar-refractivity contribution in [2.45, 2.75) is 70.9 Å². The SMILES string of the molecule is CO[C@@H](C1CC(N(C)Cc2ccccc2)CN1C(=O)OC(C)(C)C)[C@@H](C)C(=O)NCCc1c(F)cccc1F. The van der Waals surface area contributed by atoms with Crippen LogP contribution in [0.15, 0.2) is 48.5 Å². The highest BCUT2D eigenvalue weighted by molar-refractivity contribution is 5.79. The van der Waals surface area contributed by atoms with Crippen molar-refractivity contribution in [2.75, 3.05) is 27.2 Å². The van der Waals surface area contributed by atoms with Gasteiger partial charge < -0.3 is 19.7 Å². The van der Waals surface area contributed by atoms with E-state index in [-0.39, 0.29) is 30.5 Å². The monoisotopic (exact) mass is 545 g/mol. The van der Waals surface area contributed by atoms with Crippen LogP contribution in [0.25, 0.3) is 0 Å². The van der Waals surface area contributed by atoms with Gasteiger partial charge in [0.15, 0.2) is 0 Å². The largest absolute Gasteiger partial charge is 0.444 e. The average molecular weight is 546 g/mol. The quantitative estimate of drug-likeness (QED) is 0.465. The van der Waals surface area contributed by atoms with Crippen molar-refractivity contribution in [3.63, 3.8) is 0 Å². The molecule has 0 bridgehead atoms. The number of likely N-dealkylation sites (N-methyl/N-ethyl adjacent to an activating group) is 1. The van der Waals surface area contributed by atoms with Gasteiger partial charge in [0.2, 0.25) is 5.91 Å². The number of halogens is 2. The van der Waals surface area contributed by atoms with E-state index in [0.717, 1.165) is 5.56 Å². The van der Waals surface area contributed by atoms with Gasteiger partial charge >= 0.3 is 6.09 Å². The van der Waals surface area contributed by atoms with Crippen LogP contribution in [0.1, 0.15) is 45.2 Å². The average Bonchev–Trinajstić information content (AvgIpc) is 3.31. The number of hydrogen-bond donors (Lipinski definition) is 1. The lowest BCUT2D eigenvalue weighted by molar-refractivity contribution is -0.130. The van der Waals surface area contributed by atoms with E-state index in [4.69, 9.17) is 9.47 Å². The van der Waals surface area contributed by atoms with Crippen molar-refractivity contribution in [1.29, 1.82) is 0 Å². The van der Waals surface area contributed by atoms with Crippen LogP contribution in [0.2, 0.25) is 0 Å². The van der Waals surface area contributed by atoms with E-state index >= 15 is 0 Å². The number of rotatable bonds is 10. The minimum Gasteiger partial charge on any atom is -0.444 e. The number of ether oxygens (including phenoxy) is 2. The van der Waals surface area contributed by atoms with E-state index in [1.165, 1.54) is 25.3 Å². The Kier molecular flexibility index (Phi) is 10.4. The van der Waals surface area contributed by atoms with Crippen LogP contribution in [-0.4, -0.2) is 72.8 Å². The zero-order valence-electron chi connectivity index (χ0n) is 23.7. The van der Waals surface area contributed by atoms with Crippen molar-refractivity contribution in [3.8, 4) is 0 Å². The van der Waals surface area contributed by atoms with Gasteiger partial charge in [-0.3, -0.25) is 9.69 Å². The fourth-order valence-corrected chi connectivity index (χ4v) is 5.09. The molecular formula is C30H41F2N3O4. The fourth-order valence-electron chi connectivity index (χ4n) is 5.09. The zero-order valence-corrected chi connectivity index (χ0v) is 23.7. The number of nitrogens with one attached hydrogen (secondary N) is 1. The summed E-state index contributed by atoms with van der Waals surface area (Å²) in [5.74, 6) is -2.23. The van der Waals surface area contributed by atoms with Gasteiger partial charge in [-0.25, -0.2) is 13.6 Å². The van der Waals surface area contributed by atoms with E-state index in [9.17, 15) is 18.4 Å². The molecule has 39 heavy (non-hydrogen) atoms. The molecule has 2 aromatic carbocycles. The molecule has 1 saturated heterocycles. The standard InChI is InChI=1S/C30H41F2N3O4/c1-20(28(36)33-16-15-23-24(31)13-10-14-25(23)32)27(38-6)26-17-22(19-35(26)29(37)39-30(2,3)4)34(5)18-21-11-8-7-9-12-21/h7-14,20,22,26-27H,15-19H2,1-6H3,(H,33,36)/t20-,22?,26?,27-/m1/s1. The van der Waals surface area contributed by atoms with Gasteiger partial charge in [0.05, 0.1) is 18.1 Å². The molecule has 2 unspecified atom stereocenters. The number of carbonyl (C=O) groups is 2. The topological polar surface area (TPSA) is 71.1 Å². The first-order valence-corrected chi connectivity index (χ1v) is 13.4. The number of nitrogens with zero attached hydrogens (tertiary/aromatic N) is 2. The normalized spacial score (nSPS) is 19.2. The molecule has 9 heteroatoms. The number of hydrogen-bond acceptors (Lipinski definition) is 5. The Morgan fingerprint density at radius 2 is 1.74 bits per heavy atom. The molecule has 3 rings (SSSR count). The van der Waals surface area contributed by atoms with E-state index in [0.29, 0.717) is 19.5 Å². The molecule has 1 aliphatic heterocycles. The summed E-state index contributed by atoms with van der Waals surface area (Å²) in [4.78, 5) is 30.2. The maximum Gasteiger partial charge on any atom is 0.410 e. The fraction of sp³-hybridized carbons (Fsp3) is 0.533. The molecule has 2 amide bonds. The first-order chi connectivity index (χ1) is 18.4. The van der Waals surface area contributed by atoms with Crippen LogP contribution in [0.5, 0.6) is 0 Å². The zero-order chi connectivity index (χ0) is 28.7. The molecule has 1 heterocycles. The third-order valence-electron chi connectivity index (χ3n) is 7.14. The Morgan fingerprint density at radius 3 is 2.33 bits per heavy atom. The predicted molar refractivity (Wildman–Crippen MR) is 146 cm³/mol. The van der Waals surface area contributed by atoms with Crippen molar-refractivity contribution in [1.82, 2.24) is 15.1 Å². The number of carbonyl (C=O) groups excluding carboxylic acids is 2. The smallest absolute Gasteiger partial charge is 0.410 e. The Balaban J connectivity index is 1.72. The molecule has 0 radical (unpaired) electrons. The third kappa shape index (κ3) is 8.22. The molecule has 1 fully saturated rings. The molecule has 0 saturated carbocycles. The van der Waals surface area contributed by atoms with Gasteiger partial charge in [-0.1, -0.05) is 43.3 Å². The lowest BCUT2D eigenvalue weighted by atomic mass is 9.94. The molecule has 4 atom stereocenters. The van der Waals surface area contributed by atoms with E-state index < -0.39 is 41.4 Å². The van der Waals surface area contributed by atoms with Crippen molar-refractivity contribution in [3.05, 3.63) is 71.3 Å².